The third-order valence-electron chi connectivity index (χ3n) is 5.51. The second kappa shape index (κ2) is 8.60. The van der Waals surface area contributed by atoms with Gasteiger partial charge in [-0.15, -0.1) is 0 Å². The third-order valence-corrected chi connectivity index (χ3v) is 7.36. The largest absolute Gasteiger partial charge is 0.367 e. The Labute approximate surface area is 181 Å². The highest BCUT2D eigenvalue weighted by Gasteiger charge is 2.28. The fourth-order valence-electron chi connectivity index (χ4n) is 3.78. The highest BCUT2D eigenvalue weighted by atomic mass is 32.2. The standard InChI is InChI=1S/C22H25N5O3S/c1-17-4-3-5-20(14-17)27-22(28)18(2)21(15-24-27)25-10-12-26(13-11-25)31(29,30)16-19-6-8-23-9-7-19/h3-9,14-15H,10-13,16H2,1-2H3. The summed E-state index contributed by atoms with van der Waals surface area (Å²) in [6.45, 7) is 5.51. The molecule has 0 bridgehead atoms. The SMILES string of the molecule is Cc1cccc(-n2ncc(N3CCN(S(=O)(=O)Cc4ccncc4)CC3)c(C)c2=O)c1. The maximum absolute atomic E-state index is 12.9. The van der Waals surface area contributed by atoms with Gasteiger partial charge in [0, 0.05) is 44.1 Å². The van der Waals surface area contributed by atoms with Crippen molar-refractivity contribution in [2.75, 3.05) is 31.1 Å². The molecule has 0 spiro atoms. The minimum absolute atomic E-state index is 0.0390. The van der Waals surface area contributed by atoms with Crippen LogP contribution in [0, 0.1) is 13.8 Å². The lowest BCUT2D eigenvalue weighted by Gasteiger charge is -2.35. The van der Waals surface area contributed by atoms with Crippen LogP contribution in [0.4, 0.5) is 5.69 Å². The fraction of sp³-hybridized carbons (Fsp3) is 0.318. The Hall–Kier alpha value is -3.04. The molecular formula is C22H25N5O3S. The van der Waals surface area contributed by atoms with Crippen LogP contribution in [0.3, 0.4) is 0 Å². The van der Waals surface area contributed by atoms with Crippen molar-refractivity contribution >= 4 is 15.7 Å². The van der Waals surface area contributed by atoms with E-state index in [1.54, 1.807) is 37.6 Å². The van der Waals surface area contributed by atoms with E-state index in [-0.39, 0.29) is 11.3 Å². The number of hydrogen-bond acceptors (Lipinski definition) is 6. The molecule has 1 aliphatic heterocycles. The monoisotopic (exact) mass is 439 g/mol. The van der Waals surface area contributed by atoms with Crippen molar-refractivity contribution in [2.24, 2.45) is 0 Å². The number of pyridine rings is 1. The summed E-state index contributed by atoms with van der Waals surface area (Å²) in [4.78, 5) is 18.9. The van der Waals surface area contributed by atoms with Crippen LogP contribution in [0.2, 0.25) is 0 Å². The number of sulfonamides is 1. The van der Waals surface area contributed by atoms with E-state index < -0.39 is 10.0 Å². The summed E-state index contributed by atoms with van der Waals surface area (Å²) in [5.74, 6) is -0.0390. The van der Waals surface area contributed by atoms with Gasteiger partial charge < -0.3 is 4.90 Å². The first-order valence-electron chi connectivity index (χ1n) is 10.1. The summed E-state index contributed by atoms with van der Waals surface area (Å²) in [7, 11) is -3.41. The number of piperazine rings is 1. The molecule has 0 unspecified atom stereocenters. The van der Waals surface area contributed by atoms with Gasteiger partial charge in [0.1, 0.15) is 0 Å². The van der Waals surface area contributed by atoms with Crippen LogP contribution in [0.5, 0.6) is 0 Å². The van der Waals surface area contributed by atoms with Crippen molar-refractivity contribution < 1.29 is 8.42 Å². The van der Waals surface area contributed by atoms with Crippen molar-refractivity contribution in [2.45, 2.75) is 19.6 Å². The first kappa shape index (κ1) is 21.2. The molecule has 1 saturated heterocycles. The molecule has 8 nitrogen and oxygen atoms in total. The van der Waals surface area contributed by atoms with Gasteiger partial charge in [-0.3, -0.25) is 9.78 Å². The van der Waals surface area contributed by atoms with Gasteiger partial charge in [-0.1, -0.05) is 12.1 Å². The van der Waals surface area contributed by atoms with E-state index in [1.165, 1.54) is 8.99 Å². The van der Waals surface area contributed by atoms with E-state index in [4.69, 9.17) is 0 Å². The van der Waals surface area contributed by atoms with E-state index in [9.17, 15) is 13.2 Å². The lowest BCUT2D eigenvalue weighted by molar-refractivity contribution is 0.384. The second-order valence-electron chi connectivity index (χ2n) is 7.71. The average Bonchev–Trinajstić information content (AvgIpc) is 2.76. The molecule has 4 rings (SSSR count). The van der Waals surface area contributed by atoms with Gasteiger partial charge >= 0.3 is 0 Å². The molecule has 0 radical (unpaired) electrons. The summed E-state index contributed by atoms with van der Waals surface area (Å²) < 4.78 is 28.5. The molecule has 9 heteroatoms. The van der Waals surface area contributed by atoms with Crippen LogP contribution >= 0.6 is 0 Å². The van der Waals surface area contributed by atoms with Gasteiger partial charge in [-0.05, 0) is 49.2 Å². The molecule has 1 aromatic carbocycles. The Balaban J connectivity index is 1.49. The van der Waals surface area contributed by atoms with E-state index in [1.807, 2.05) is 36.1 Å². The van der Waals surface area contributed by atoms with Gasteiger partial charge in [0.25, 0.3) is 5.56 Å². The predicted octanol–water partition coefficient (Wildman–Crippen LogP) is 1.90. The Bertz CT molecular complexity index is 1230. The Morgan fingerprint density at radius 3 is 2.39 bits per heavy atom. The van der Waals surface area contributed by atoms with Crippen molar-refractivity contribution in [3.63, 3.8) is 0 Å². The normalized spacial score (nSPS) is 15.2. The quantitative estimate of drug-likeness (QED) is 0.603. The number of aromatic nitrogens is 3. The molecule has 0 N–H and O–H groups in total. The van der Waals surface area contributed by atoms with E-state index in [0.717, 1.165) is 22.5 Å². The molecule has 3 aromatic rings. The molecule has 0 aliphatic carbocycles. The van der Waals surface area contributed by atoms with E-state index in [0.29, 0.717) is 31.7 Å². The van der Waals surface area contributed by atoms with E-state index >= 15 is 0 Å². The van der Waals surface area contributed by atoms with Crippen LogP contribution in [0.15, 0.2) is 59.8 Å². The maximum atomic E-state index is 12.9. The molecule has 0 atom stereocenters. The number of nitrogens with zero attached hydrogens (tertiary/aromatic N) is 5. The second-order valence-corrected chi connectivity index (χ2v) is 9.68. The fourth-order valence-corrected chi connectivity index (χ4v) is 5.30. The molecule has 0 amide bonds. The molecule has 31 heavy (non-hydrogen) atoms. The Morgan fingerprint density at radius 1 is 1.00 bits per heavy atom. The van der Waals surface area contributed by atoms with Crippen molar-refractivity contribution in [1.29, 1.82) is 0 Å². The summed E-state index contributed by atoms with van der Waals surface area (Å²) in [6.07, 6.45) is 4.88. The zero-order valence-corrected chi connectivity index (χ0v) is 18.4. The van der Waals surface area contributed by atoms with Crippen LogP contribution in [-0.2, 0) is 15.8 Å². The van der Waals surface area contributed by atoms with Crippen LogP contribution < -0.4 is 10.5 Å². The summed E-state index contributed by atoms with van der Waals surface area (Å²) in [5.41, 5.74) is 3.68. The predicted molar refractivity (Wildman–Crippen MR) is 120 cm³/mol. The number of hydrogen-bond donors (Lipinski definition) is 0. The molecular weight excluding hydrogens is 414 g/mol. The molecule has 3 heterocycles. The van der Waals surface area contributed by atoms with Gasteiger partial charge in [0.15, 0.2) is 0 Å². The van der Waals surface area contributed by atoms with E-state index in [2.05, 4.69) is 10.1 Å². The van der Waals surface area contributed by atoms with Crippen LogP contribution in [0.25, 0.3) is 5.69 Å². The first-order valence-corrected chi connectivity index (χ1v) is 11.7. The average molecular weight is 440 g/mol. The first-order chi connectivity index (χ1) is 14.8. The lowest BCUT2D eigenvalue weighted by atomic mass is 10.2. The minimum atomic E-state index is -3.41. The molecule has 2 aromatic heterocycles. The van der Waals surface area contributed by atoms with Crippen molar-refractivity contribution in [3.8, 4) is 5.69 Å². The van der Waals surface area contributed by atoms with Crippen molar-refractivity contribution in [3.05, 3.63) is 82.0 Å². The molecule has 1 fully saturated rings. The Kier molecular flexibility index (Phi) is 5.88. The Morgan fingerprint density at radius 2 is 1.71 bits per heavy atom. The highest BCUT2D eigenvalue weighted by Crippen LogP contribution is 2.21. The number of anilines is 1. The zero-order chi connectivity index (χ0) is 22.0. The zero-order valence-electron chi connectivity index (χ0n) is 17.6. The van der Waals surface area contributed by atoms with Gasteiger partial charge in [-0.2, -0.15) is 14.1 Å². The minimum Gasteiger partial charge on any atom is -0.367 e. The van der Waals surface area contributed by atoms with Crippen LogP contribution in [0.1, 0.15) is 16.7 Å². The number of aryl methyl sites for hydroxylation is 1. The topological polar surface area (TPSA) is 88.4 Å². The number of benzene rings is 1. The number of rotatable bonds is 5. The maximum Gasteiger partial charge on any atom is 0.276 e. The molecule has 162 valence electrons. The smallest absolute Gasteiger partial charge is 0.276 e. The molecule has 0 saturated carbocycles. The summed E-state index contributed by atoms with van der Waals surface area (Å²) in [5, 5.41) is 4.37. The summed E-state index contributed by atoms with van der Waals surface area (Å²) >= 11 is 0. The third kappa shape index (κ3) is 4.52. The van der Waals surface area contributed by atoms with Gasteiger partial charge in [-0.25, -0.2) is 8.42 Å². The summed E-state index contributed by atoms with van der Waals surface area (Å²) in [6, 6.07) is 11.1. The molecule has 1 aliphatic rings. The van der Waals surface area contributed by atoms with Crippen LogP contribution in [-0.4, -0.2) is 53.7 Å². The van der Waals surface area contributed by atoms with Gasteiger partial charge in [0.05, 0.1) is 23.3 Å². The lowest BCUT2D eigenvalue weighted by Crippen LogP contribution is -2.49. The van der Waals surface area contributed by atoms with Crippen molar-refractivity contribution in [1.82, 2.24) is 19.1 Å². The van der Waals surface area contributed by atoms with Gasteiger partial charge in [0.2, 0.25) is 10.0 Å². The highest BCUT2D eigenvalue weighted by molar-refractivity contribution is 7.88.